The van der Waals surface area contributed by atoms with E-state index in [1.165, 1.54) is 30.1 Å². The molecule has 0 aliphatic heterocycles. The summed E-state index contributed by atoms with van der Waals surface area (Å²) in [6.45, 7) is 0.0768. The molecular formula is C22H18F3N5O2. The van der Waals surface area contributed by atoms with Gasteiger partial charge in [-0.1, -0.05) is 12.1 Å². The number of carbonyl (C=O) groups excluding carboxylic acids is 1. The number of benzene rings is 2. The Balaban J connectivity index is 1.60. The first-order valence-corrected chi connectivity index (χ1v) is 9.56. The van der Waals surface area contributed by atoms with E-state index < -0.39 is 17.8 Å². The van der Waals surface area contributed by atoms with Gasteiger partial charge in [0, 0.05) is 18.9 Å². The SMILES string of the molecule is Cn1c(=O)c2cc(NC(=O)Nc3cccnc3)ccc2n1Cc1cccc(C(F)(F)F)c1. The van der Waals surface area contributed by atoms with Gasteiger partial charge in [-0.2, -0.15) is 13.2 Å². The number of hydrogen-bond acceptors (Lipinski definition) is 3. The van der Waals surface area contributed by atoms with Gasteiger partial charge in [-0.05, 0) is 48.0 Å². The molecule has 0 atom stereocenters. The summed E-state index contributed by atoms with van der Waals surface area (Å²) in [6, 6.07) is 12.6. The number of nitrogens with zero attached hydrogens (tertiary/aromatic N) is 3. The lowest BCUT2D eigenvalue weighted by atomic mass is 10.1. The number of anilines is 2. The van der Waals surface area contributed by atoms with E-state index in [1.54, 1.807) is 41.2 Å². The Morgan fingerprint density at radius 3 is 2.53 bits per heavy atom. The van der Waals surface area contributed by atoms with E-state index in [-0.39, 0.29) is 12.1 Å². The van der Waals surface area contributed by atoms with Crippen LogP contribution in [0.2, 0.25) is 0 Å². The van der Waals surface area contributed by atoms with Crippen LogP contribution < -0.4 is 16.2 Å². The predicted octanol–water partition coefficient (Wildman–Crippen LogP) is 4.45. The van der Waals surface area contributed by atoms with Crippen molar-refractivity contribution in [3.8, 4) is 0 Å². The van der Waals surface area contributed by atoms with Crippen LogP contribution in [0.1, 0.15) is 11.1 Å². The number of halogens is 3. The van der Waals surface area contributed by atoms with Crippen LogP contribution in [0, 0.1) is 0 Å². The quantitative estimate of drug-likeness (QED) is 0.491. The molecule has 0 radical (unpaired) electrons. The van der Waals surface area contributed by atoms with Crippen LogP contribution in [0.3, 0.4) is 0 Å². The van der Waals surface area contributed by atoms with Crippen molar-refractivity contribution >= 4 is 28.3 Å². The smallest absolute Gasteiger partial charge is 0.308 e. The number of amides is 2. The van der Waals surface area contributed by atoms with E-state index in [1.807, 2.05) is 0 Å². The lowest BCUT2D eigenvalue weighted by Crippen LogP contribution is -2.20. The van der Waals surface area contributed by atoms with Crippen LogP contribution in [0.4, 0.5) is 29.3 Å². The highest BCUT2D eigenvalue weighted by Gasteiger charge is 2.30. The van der Waals surface area contributed by atoms with Gasteiger partial charge >= 0.3 is 12.2 Å². The van der Waals surface area contributed by atoms with Crippen molar-refractivity contribution in [3.63, 3.8) is 0 Å². The third-order valence-corrected chi connectivity index (χ3v) is 4.93. The van der Waals surface area contributed by atoms with Crippen molar-refractivity contribution in [2.75, 3.05) is 10.6 Å². The predicted molar refractivity (Wildman–Crippen MR) is 115 cm³/mol. The molecule has 2 amide bonds. The minimum atomic E-state index is -4.45. The summed E-state index contributed by atoms with van der Waals surface area (Å²) in [5, 5.41) is 5.61. The van der Waals surface area contributed by atoms with Crippen LogP contribution in [0.15, 0.2) is 71.8 Å². The lowest BCUT2D eigenvalue weighted by molar-refractivity contribution is -0.137. The Morgan fingerprint density at radius 1 is 1.03 bits per heavy atom. The Morgan fingerprint density at radius 2 is 1.81 bits per heavy atom. The zero-order valence-corrected chi connectivity index (χ0v) is 16.8. The number of carbonyl (C=O) groups is 1. The third-order valence-electron chi connectivity index (χ3n) is 4.93. The van der Waals surface area contributed by atoms with Crippen LogP contribution >= 0.6 is 0 Å². The second-order valence-corrected chi connectivity index (χ2v) is 7.14. The first kappa shape index (κ1) is 21.2. The molecule has 4 aromatic rings. The van der Waals surface area contributed by atoms with Crippen molar-refractivity contribution in [1.29, 1.82) is 0 Å². The third kappa shape index (κ3) is 4.34. The molecule has 0 saturated carbocycles. The van der Waals surface area contributed by atoms with Crippen LogP contribution in [-0.4, -0.2) is 20.4 Å². The fraction of sp³-hybridized carbons (Fsp3) is 0.136. The topological polar surface area (TPSA) is 81.0 Å². The Labute approximate surface area is 180 Å². The summed E-state index contributed by atoms with van der Waals surface area (Å²) in [5.74, 6) is 0. The summed E-state index contributed by atoms with van der Waals surface area (Å²) in [6.07, 6.45) is -1.37. The summed E-state index contributed by atoms with van der Waals surface area (Å²) < 4.78 is 42.0. The molecule has 0 fully saturated rings. The van der Waals surface area contributed by atoms with E-state index in [0.29, 0.717) is 27.8 Å². The maximum atomic E-state index is 13.0. The molecule has 0 aliphatic carbocycles. The van der Waals surface area contributed by atoms with Gasteiger partial charge in [0.15, 0.2) is 0 Å². The van der Waals surface area contributed by atoms with Crippen molar-refractivity contribution < 1.29 is 18.0 Å². The Bertz CT molecular complexity index is 1340. The first-order chi connectivity index (χ1) is 15.2. The highest BCUT2D eigenvalue weighted by atomic mass is 19.4. The maximum absolute atomic E-state index is 13.0. The van der Waals surface area contributed by atoms with Crippen LogP contribution in [0.5, 0.6) is 0 Å². The molecule has 7 nitrogen and oxygen atoms in total. The molecule has 0 spiro atoms. The molecule has 2 aromatic heterocycles. The fourth-order valence-corrected chi connectivity index (χ4v) is 3.40. The van der Waals surface area contributed by atoms with Crippen molar-refractivity contribution in [2.45, 2.75) is 12.7 Å². The summed E-state index contributed by atoms with van der Waals surface area (Å²) in [4.78, 5) is 28.8. The van der Waals surface area contributed by atoms with Gasteiger partial charge in [-0.3, -0.25) is 19.1 Å². The largest absolute Gasteiger partial charge is 0.416 e. The number of hydrogen-bond donors (Lipinski definition) is 2. The average molecular weight is 441 g/mol. The van der Waals surface area contributed by atoms with Gasteiger partial charge in [0.25, 0.3) is 5.56 Å². The molecule has 2 heterocycles. The molecule has 0 saturated heterocycles. The van der Waals surface area contributed by atoms with Gasteiger partial charge in [-0.25, -0.2) is 4.79 Å². The number of pyridine rings is 1. The van der Waals surface area contributed by atoms with E-state index in [2.05, 4.69) is 15.6 Å². The fourth-order valence-electron chi connectivity index (χ4n) is 3.40. The molecule has 164 valence electrons. The molecule has 0 unspecified atom stereocenters. The number of alkyl halides is 3. The van der Waals surface area contributed by atoms with Gasteiger partial charge in [0.1, 0.15) is 0 Å². The minimum Gasteiger partial charge on any atom is -0.308 e. The summed E-state index contributed by atoms with van der Waals surface area (Å²) in [7, 11) is 1.54. The normalized spacial score (nSPS) is 11.5. The van der Waals surface area contributed by atoms with E-state index in [9.17, 15) is 22.8 Å². The number of rotatable bonds is 4. The van der Waals surface area contributed by atoms with Crippen molar-refractivity contribution in [3.05, 3.63) is 88.5 Å². The Hall–Kier alpha value is -4.08. The molecule has 2 aromatic carbocycles. The highest BCUT2D eigenvalue weighted by molar-refractivity contribution is 6.00. The zero-order chi connectivity index (χ0) is 22.9. The van der Waals surface area contributed by atoms with Crippen molar-refractivity contribution in [1.82, 2.24) is 14.3 Å². The van der Waals surface area contributed by atoms with E-state index in [4.69, 9.17) is 0 Å². The standard InChI is InChI=1S/C22H18F3N5O2/c1-29-20(31)18-11-16(27-21(32)28-17-6-3-9-26-12-17)7-8-19(18)30(29)13-14-4-2-5-15(10-14)22(23,24)25/h2-12H,13H2,1H3,(H2,27,28,32). The molecule has 2 N–H and O–H groups in total. The second-order valence-electron chi connectivity index (χ2n) is 7.14. The maximum Gasteiger partial charge on any atom is 0.416 e. The van der Waals surface area contributed by atoms with Gasteiger partial charge in [0.2, 0.25) is 0 Å². The molecule has 0 bridgehead atoms. The van der Waals surface area contributed by atoms with Gasteiger partial charge in [0.05, 0.1) is 34.9 Å². The summed E-state index contributed by atoms with van der Waals surface area (Å²) >= 11 is 0. The average Bonchev–Trinajstić information content (AvgIpc) is 2.98. The number of urea groups is 1. The number of fused-ring (bicyclic) bond motifs is 1. The minimum absolute atomic E-state index is 0.0768. The van der Waals surface area contributed by atoms with Crippen molar-refractivity contribution in [2.24, 2.45) is 7.05 Å². The lowest BCUT2D eigenvalue weighted by Gasteiger charge is -2.12. The van der Waals surface area contributed by atoms with E-state index in [0.717, 1.165) is 12.1 Å². The first-order valence-electron chi connectivity index (χ1n) is 9.56. The molecule has 4 rings (SSSR count). The molecule has 0 aliphatic rings. The van der Waals surface area contributed by atoms with E-state index >= 15 is 0 Å². The number of aromatic nitrogens is 3. The summed E-state index contributed by atoms with van der Waals surface area (Å²) in [5.41, 5.74) is 0.770. The Kier molecular flexibility index (Phi) is 5.43. The van der Waals surface area contributed by atoms with Gasteiger partial charge in [-0.15, -0.1) is 0 Å². The molecule has 10 heteroatoms. The zero-order valence-electron chi connectivity index (χ0n) is 16.8. The molecular weight excluding hydrogens is 423 g/mol. The second kappa shape index (κ2) is 8.22. The van der Waals surface area contributed by atoms with Crippen LogP contribution in [0.25, 0.3) is 10.9 Å². The number of nitrogens with one attached hydrogen (secondary N) is 2. The highest BCUT2D eigenvalue weighted by Crippen LogP contribution is 2.30. The monoisotopic (exact) mass is 441 g/mol. The van der Waals surface area contributed by atoms with Crippen LogP contribution in [-0.2, 0) is 19.8 Å². The van der Waals surface area contributed by atoms with Gasteiger partial charge < -0.3 is 10.6 Å². The molecule has 32 heavy (non-hydrogen) atoms.